The molecule has 0 fully saturated rings. The minimum Gasteiger partial charge on any atom is -0.397 e. The zero-order valence-corrected chi connectivity index (χ0v) is 17.7. The molecule has 4 aromatic rings. The highest BCUT2D eigenvalue weighted by Crippen LogP contribution is 2.46. The number of fused-ring (bicyclic) bond motifs is 1. The van der Waals surface area contributed by atoms with E-state index in [-0.39, 0.29) is 0 Å². The molecule has 4 heterocycles. The van der Waals surface area contributed by atoms with Gasteiger partial charge in [0, 0.05) is 22.5 Å². The molecule has 4 aromatic heterocycles. The van der Waals surface area contributed by atoms with Crippen molar-refractivity contribution in [2.75, 3.05) is 11.5 Å². The first kappa shape index (κ1) is 17.9. The molecule has 4 nitrogen and oxygen atoms in total. The van der Waals surface area contributed by atoms with E-state index in [1.54, 1.807) is 34.0 Å². The number of aromatic nitrogens is 3. The lowest BCUT2D eigenvalue weighted by atomic mass is 10.1. The van der Waals surface area contributed by atoms with Crippen molar-refractivity contribution < 1.29 is 0 Å². The number of nitrogen functional groups attached to an aromatic ring is 1. The highest BCUT2D eigenvalue weighted by Gasteiger charge is 2.20. The fourth-order valence-corrected chi connectivity index (χ4v) is 6.59. The van der Waals surface area contributed by atoms with Crippen LogP contribution in [0.25, 0.3) is 31.4 Å². The number of hydrogen-bond donors (Lipinski definition) is 1. The molecule has 0 unspecified atom stereocenters. The van der Waals surface area contributed by atoms with Gasteiger partial charge in [-0.25, -0.2) is 15.0 Å². The average molecular weight is 419 g/mol. The Kier molecular flexibility index (Phi) is 5.26. The van der Waals surface area contributed by atoms with E-state index in [2.05, 4.69) is 23.0 Å². The summed E-state index contributed by atoms with van der Waals surface area (Å²) in [5.41, 5.74) is 12.4. The quantitative estimate of drug-likeness (QED) is 0.293. The molecule has 134 valence electrons. The maximum atomic E-state index is 6.57. The van der Waals surface area contributed by atoms with Crippen molar-refractivity contribution in [3.05, 3.63) is 28.8 Å². The summed E-state index contributed by atoms with van der Waals surface area (Å²) in [7, 11) is 0. The zero-order chi connectivity index (χ0) is 18.1. The topological polar surface area (TPSA) is 64.7 Å². The highest BCUT2D eigenvalue weighted by atomic mass is 32.2. The van der Waals surface area contributed by atoms with Crippen LogP contribution in [0, 0.1) is 6.92 Å². The third kappa shape index (κ3) is 3.26. The van der Waals surface area contributed by atoms with Crippen LogP contribution in [0.1, 0.15) is 25.5 Å². The average Bonchev–Trinajstić information content (AvgIpc) is 3.36. The molecule has 0 atom stereocenters. The molecule has 2 N–H and O–H groups in total. The number of pyridine rings is 1. The van der Waals surface area contributed by atoms with Crippen molar-refractivity contribution >= 4 is 61.7 Å². The number of aryl methyl sites for hydroxylation is 1. The number of unbranched alkanes of at least 4 members (excludes halogenated alkanes) is 1. The predicted molar refractivity (Wildman–Crippen MR) is 117 cm³/mol. The van der Waals surface area contributed by atoms with Crippen LogP contribution in [0.5, 0.6) is 0 Å². The number of thioether (sulfide) groups is 1. The van der Waals surface area contributed by atoms with Gasteiger partial charge in [0.1, 0.15) is 15.5 Å². The van der Waals surface area contributed by atoms with Gasteiger partial charge in [-0.3, -0.25) is 0 Å². The SMILES string of the molecule is CCCCSc1sc2nc(-c3nccs3)cc(-c3scnc3C)c2c1N. The van der Waals surface area contributed by atoms with Gasteiger partial charge in [0.15, 0.2) is 0 Å². The van der Waals surface area contributed by atoms with Gasteiger partial charge >= 0.3 is 0 Å². The second-order valence-corrected chi connectivity index (χ2v) is 9.96. The van der Waals surface area contributed by atoms with E-state index in [1.165, 1.54) is 17.1 Å². The van der Waals surface area contributed by atoms with Crippen molar-refractivity contribution in [3.63, 3.8) is 0 Å². The van der Waals surface area contributed by atoms with Crippen molar-refractivity contribution in [1.29, 1.82) is 0 Å². The van der Waals surface area contributed by atoms with Gasteiger partial charge in [-0.15, -0.1) is 45.8 Å². The van der Waals surface area contributed by atoms with Crippen LogP contribution in [0.4, 0.5) is 5.69 Å². The molecule has 26 heavy (non-hydrogen) atoms. The Balaban J connectivity index is 1.92. The first-order valence-electron chi connectivity index (χ1n) is 8.35. The van der Waals surface area contributed by atoms with E-state index in [1.807, 2.05) is 35.8 Å². The lowest BCUT2D eigenvalue weighted by Crippen LogP contribution is -1.91. The number of anilines is 1. The number of rotatable bonds is 6. The van der Waals surface area contributed by atoms with Gasteiger partial charge in [-0.1, -0.05) is 13.3 Å². The van der Waals surface area contributed by atoms with Crippen LogP contribution >= 0.6 is 45.8 Å². The Hall–Kier alpha value is -1.48. The number of thiophene rings is 1. The van der Waals surface area contributed by atoms with Gasteiger partial charge in [0.05, 0.1) is 26.0 Å². The van der Waals surface area contributed by atoms with Gasteiger partial charge in [0.25, 0.3) is 0 Å². The van der Waals surface area contributed by atoms with Crippen LogP contribution in [0.3, 0.4) is 0 Å². The summed E-state index contributed by atoms with van der Waals surface area (Å²) in [6.45, 7) is 4.25. The van der Waals surface area contributed by atoms with Crippen LogP contribution in [0.15, 0.2) is 27.4 Å². The van der Waals surface area contributed by atoms with Crippen molar-refractivity contribution in [2.24, 2.45) is 0 Å². The molecule has 0 aliphatic rings. The Morgan fingerprint density at radius 1 is 1.23 bits per heavy atom. The van der Waals surface area contributed by atoms with E-state index < -0.39 is 0 Å². The zero-order valence-electron chi connectivity index (χ0n) is 14.5. The van der Waals surface area contributed by atoms with Gasteiger partial charge < -0.3 is 5.73 Å². The van der Waals surface area contributed by atoms with E-state index in [0.717, 1.165) is 48.5 Å². The molecule has 0 spiro atoms. The van der Waals surface area contributed by atoms with Crippen LogP contribution in [-0.2, 0) is 0 Å². The summed E-state index contributed by atoms with van der Waals surface area (Å²) in [6.07, 6.45) is 4.20. The fraction of sp³-hybridized carbons (Fsp3) is 0.278. The van der Waals surface area contributed by atoms with Gasteiger partial charge in [-0.05, 0) is 25.2 Å². The van der Waals surface area contributed by atoms with E-state index in [4.69, 9.17) is 10.7 Å². The molecule has 0 aromatic carbocycles. The van der Waals surface area contributed by atoms with Crippen LogP contribution in [-0.4, -0.2) is 20.7 Å². The predicted octanol–water partition coefficient (Wildman–Crippen LogP) is 6.33. The maximum Gasteiger partial charge on any atom is 0.141 e. The van der Waals surface area contributed by atoms with Gasteiger partial charge in [-0.2, -0.15) is 0 Å². The monoisotopic (exact) mass is 418 g/mol. The van der Waals surface area contributed by atoms with Crippen LogP contribution < -0.4 is 5.73 Å². The largest absolute Gasteiger partial charge is 0.397 e. The Morgan fingerprint density at radius 3 is 2.81 bits per heavy atom. The summed E-state index contributed by atoms with van der Waals surface area (Å²) in [5.74, 6) is 1.09. The van der Waals surface area contributed by atoms with E-state index in [0.29, 0.717) is 0 Å². The number of nitrogens with two attached hydrogens (primary N) is 1. The van der Waals surface area contributed by atoms with E-state index in [9.17, 15) is 0 Å². The molecule has 0 saturated carbocycles. The summed E-state index contributed by atoms with van der Waals surface area (Å²) in [5, 5.41) is 3.97. The molecule has 0 bridgehead atoms. The lowest BCUT2D eigenvalue weighted by molar-refractivity contribution is 0.897. The van der Waals surface area contributed by atoms with E-state index >= 15 is 0 Å². The van der Waals surface area contributed by atoms with Crippen molar-refractivity contribution in [1.82, 2.24) is 15.0 Å². The molecule has 8 heteroatoms. The van der Waals surface area contributed by atoms with Gasteiger partial charge in [0.2, 0.25) is 0 Å². The first-order chi connectivity index (χ1) is 12.7. The molecule has 0 amide bonds. The second kappa shape index (κ2) is 7.64. The number of thiazole rings is 2. The molecule has 0 aliphatic heterocycles. The minimum absolute atomic E-state index is 0.854. The lowest BCUT2D eigenvalue weighted by Gasteiger charge is -2.06. The van der Waals surface area contributed by atoms with Crippen molar-refractivity contribution in [3.8, 4) is 21.1 Å². The molecule has 0 saturated heterocycles. The molecular formula is C18H18N4S4. The Morgan fingerprint density at radius 2 is 2.12 bits per heavy atom. The number of nitrogens with zero attached hydrogens (tertiary/aromatic N) is 3. The maximum absolute atomic E-state index is 6.57. The second-order valence-electron chi connectivity index (χ2n) is 5.84. The third-order valence-electron chi connectivity index (χ3n) is 4.04. The Labute approximate surface area is 168 Å². The smallest absolute Gasteiger partial charge is 0.141 e. The standard InChI is InChI=1S/C18H18N4S4/c1-3-4-6-24-18-14(19)13-11(15-10(2)21-9-25-15)8-12(22-17(13)26-18)16-20-5-7-23-16/h5,7-9H,3-4,6,19H2,1-2H3. The molecule has 0 radical (unpaired) electrons. The summed E-state index contributed by atoms with van der Waals surface area (Å²) in [6, 6.07) is 2.12. The highest BCUT2D eigenvalue weighted by molar-refractivity contribution is 8.01. The molecule has 0 aliphatic carbocycles. The Bertz CT molecular complexity index is 1030. The first-order valence-corrected chi connectivity index (χ1v) is 11.9. The van der Waals surface area contributed by atoms with Crippen LogP contribution in [0.2, 0.25) is 0 Å². The fourth-order valence-electron chi connectivity index (χ4n) is 2.72. The summed E-state index contributed by atoms with van der Waals surface area (Å²) >= 11 is 6.78. The normalized spacial score (nSPS) is 11.5. The molecular weight excluding hydrogens is 400 g/mol. The minimum atomic E-state index is 0.854. The summed E-state index contributed by atoms with van der Waals surface area (Å²) in [4.78, 5) is 15.9. The molecule has 4 rings (SSSR count). The van der Waals surface area contributed by atoms with Crippen molar-refractivity contribution in [2.45, 2.75) is 30.9 Å². The third-order valence-corrected chi connectivity index (χ3v) is 8.27. The summed E-state index contributed by atoms with van der Waals surface area (Å²) < 4.78 is 1.17. The number of hydrogen-bond acceptors (Lipinski definition) is 8.